The molecule has 0 aromatic carbocycles. The molecule has 0 heteroatoms. The fourth-order valence-corrected chi connectivity index (χ4v) is 0.607. The third kappa shape index (κ3) is 12.0. The zero-order chi connectivity index (χ0) is 9.82. The third-order valence-electron chi connectivity index (χ3n) is 1.17. The van der Waals surface area contributed by atoms with Gasteiger partial charge in [0.05, 0.1) is 0 Å². The van der Waals surface area contributed by atoms with Crippen LogP contribution in [0.1, 0.15) is 41.0 Å². The third-order valence-corrected chi connectivity index (χ3v) is 1.17. The van der Waals surface area contributed by atoms with Gasteiger partial charge in [0.2, 0.25) is 0 Å². The fourth-order valence-electron chi connectivity index (χ4n) is 0.607. The highest BCUT2D eigenvalue weighted by Crippen LogP contribution is 1.95. The van der Waals surface area contributed by atoms with Gasteiger partial charge in [0.15, 0.2) is 0 Å². The van der Waals surface area contributed by atoms with Gasteiger partial charge in [-0.2, -0.15) is 0 Å². The molecular weight excluding hydrogens is 144 g/mol. The molecule has 0 heterocycles. The van der Waals surface area contributed by atoms with E-state index in [1.807, 2.05) is 26.8 Å². The first kappa shape index (κ1) is 13.8. The summed E-state index contributed by atoms with van der Waals surface area (Å²) in [6, 6.07) is 0. The summed E-state index contributed by atoms with van der Waals surface area (Å²) in [5.41, 5.74) is 1.31. The second-order valence-corrected chi connectivity index (χ2v) is 2.25. The summed E-state index contributed by atoms with van der Waals surface area (Å²) in [4.78, 5) is 0. The van der Waals surface area contributed by atoms with E-state index in [2.05, 4.69) is 38.2 Å². The van der Waals surface area contributed by atoms with Crippen molar-refractivity contribution in [1.82, 2.24) is 0 Å². The number of hydrogen-bond donors (Lipinski definition) is 0. The topological polar surface area (TPSA) is 0 Å². The SMILES string of the molecule is CC.C\C=C/C=C(C)\C=C/CC. The van der Waals surface area contributed by atoms with Crippen LogP contribution in [0.25, 0.3) is 0 Å². The van der Waals surface area contributed by atoms with E-state index in [1.165, 1.54) is 5.57 Å². The molecule has 0 aromatic rings. The average Bonchev–Trinajstić information content (AvgIpc) is 2.14. The highest BCUT2D eigenvalue weighted by Gasteiger charge is 1.74. The van der Waals surface area contributed by atoms with Gasteiger partial charge in [-0.25, -0.2) is 0 Å². The Hall–Kier alpha value is -0.780. The maximum atomic E-state index is 2.16. The van der Waals surface area contributed by atoms with Crippen LogP contribution in [-0.4, -0.2) is 0 Å². The van der Waals surface area contributed by atoms with Crippen molar-refractivity contribution in [1.29, 1.82) is 0 Å². The van der Waals surface area contributed by atoms with Gasteiger partial charge >= 0.3 is 0 Å². The van der Waals surface area contributed by atoms with Crippen LogP contribution in [0.3, 0.4) is 0 Å². The van der Waals surface area contributed by atoms with Crippen LogP contribution >= 0.6 is 0 Å². The van der Waals surface area contributed by atoms with Crippen molar-refractivity contribution < 1.29 is 0 Å². The first-order chi connectivity index (χ1) is 5.81. The van der Waals surface area contributed by atoms with Gasteiger partial charge < -0.3 is 0 Å². The van der Waals surface area contributed by atoms with Crippen molar-refractivity contribution in [2.45, 2.75) is 41.0 Å². The summed E-state index contributed by atoms with van der Waals surface area (Å²) in [5, 5.41) is 0. The van der Waals surface area contributed by atoms with Gasteiger partial charge in [-0.3, -0.25) is 0 Å². The monoisotopic (exact) mass is 166 g/mol. The molecule has 0 aliphatic rings. The maximum absolute atomic E-state index is 2.16. The molecule has 0 nitrogen and oxygen atoms in total. The summed E-state index contributed by atoms with van der Waals surface area (Å²) in [7, 11) is 0. The van der Waals surface area contributed by atoms with Crippen LogP contribution < -0.4 is 0 Å². The summed E-state index contributed by atoms with van der Waals surface area (Å²) in [6.07, 6.45) is 11.6. The molecule has 12 heavy (non-hydrogen) atoms. The Morgan fingerprint density at radius 3 is 2.25 bits per heavy atom. The number of hydrogen-bond acceptors (Lipinski definition) is 0. The van der Waals surface area contributed by atoms with Gasteiger partial charge in [-0.1, -0.05) is 56.7 Å². The minimum Gasteiger partial charge on any atom is -0.0877 e. The number of allylic oxidation sites excluding steroid dienone is 6. The normalized spacial score (nSPS) is 11.9. The van der Waals surface area contributed by atoms with Crippen LogP contribution in [0, 0.1) is 0 Å². The van der Waals surface area contributed by atoms with Crippen molar-refractivity contribution in [3.8, 4) is 0 Å². The molecule has 0 spiro atoms. The van der Waals surface area contributed by atoms with Crippen LogP contribution in [0.5, 0.6) is 0 Å². The second kappa shape index (κ2) is 12.9. The molecule has 0 unspecified atom stereocenters. The van der Waals surface area contributed by atoms with Crippen molar-refractivity contribution in [2.75, 3.05) is 0 Å². The molecule has 0 bridgehead atoms. The molecule has 0 saturated carbocycles. The molecule has 0 aromatic heterocycles. The van der Waals surface area contributed by atoms with Gasteiger partial charge in [0, 0.05) is 0 Å². The van der Waals surface area contributed by atoms with E-state index in [0.717, 1.165) is 6.42 Å². The lowest BCUT2D eigenvalue weighted by molar-refractivity contribution is 1.22. The van der Waals surface area contributed by atoms with E-state index in [9.17, 15) is 0 Å². The summed E-state index contributed by atoms with van der Waals surface area (Å²) < 4.78 is 0. The zero-order valence-corrected chi connectivity index (χ0v) is 9.09. The Morgan fingerprint density at radius 1 is 1.25 bits per heavy atom. The second-order valence-electron chi connectivity index (χ2n) is 2.25. The maximum Gasteiger partial charge on any atom is -0.0376 e. The first-order valence-corrected chi connectivity index (χ1v) is 4.77. The predicted octanol–water partition coefficient (Wildman–Crippen LogP) is 4.50. The predicted molar refractivity (Wildman–Crippen MR) is 59.4 cm³/mol. The van der Waals surface area contributed by atoms with E-state index in [1.54, 1.807) is 0 Å². The van der Waals surface area contributed by atoms with Crippen LogP contribution in [-0.2, 0) is 0 Å². The van der Waals surface area contributed by atoms with Crippen molar-refractivity contribution in [2.24, 2.45) is 0 Å². The summed E-state index contributed by atoms with van der Waals surface area (Å²) in [5.74, 6) is 0. The van der Waals surface area contributed by atoms with E-state index < -0.39 is 0 Å². The molecule has 0 rings (SSSR count). The smallest absolute Gasteiger partial charge is 0.0376 e. The lowest BCUT2D eigenvalue weighted by atomic mass is 10.2. The van der Waals surface area contributed by atoms with E-state index in [0.29, 0.717) is 0 Å². The Bertz CT molecular complexity index is 147. The molecule has 0 fully saturated rings. The van der Waals surface area contributed by atoms with Crippen molar-refractivity contribution >= 4 is 0 Å². The highest BCUT2D eigenvalue weighted by molar-refractivity contribution is 5.20. The standard InChI is InChI=1S/C10H16.C2H6/c1-4-6-8-10(3)9-7-5-2;1-2/h4,6-9H,5H2,1-3H3;1-2H3/b6-4-,9-7-,10-8-;. The van der Waals surface area contributed by atoms with Crippen molar-refractivity contribution in [3.63, 3.8) is 0 Å². The van der Waals surface area contributed by atoms with Gasteiger partial charge in [-0.05, 0) is 20.3 Å². The molecule has 0 atom stereocenters. The average molecular weight is 166 g/mol. The van der Waals surface area contributed by atoms with E-state index >= 15 is 0 Å². The Balaban J connectivity index is 0. The molecule has 0 aliphatic carbocycles. The molecular formula is C12H22. The Labute approximate surface area is 77.7 Å². The molecule has 0 N–H and O–H groups in total. The number of rotatable bonds is 3. The minimum atomic E-state index is 1.11. The van der Waals surface area contributed by atoms with Crippen LogP contribution in [0.15, 0.2) is 36.0 Å². The fraction of sp³-hybridized carbons (Fsp3) is 0.500. The van der Waals surface area contributed by atoms with Gasteiger partial charge in [-0.15, -0.1) is 0 Å². The largest absolute Gasteiger partial charge is 0.0877 e. The van der Waals surface area contributed by atoms with Gasteiger partial charge in [0.1, 0.15) is 0 Å². The van der Waals surface area contributed by atoms with Gasteiger partial charge in [0.25, 0.3) is 0 Å². The molecule has 0 amide bonds. The molecule has 0 radical (unpaired) electrons. The Kier molecular flexibility index (Phi) is 14.8. The van der Waals surface area contributed by atoms with E-state index in [-0.39, 0.29) is 0 Å². The highest BCUT2D eigenvalue weighted by atomic mass is 13.8. The Morgan fingerprint density at radius 2 is 1.83 bits per heavy atom. The zero-order valence-electron chi connectivity index (χ0n) is 9.09. The molecule has 0 aliphatic heterocycles. The van der Waals surface area contributed by atoms with Crippen LogP contribution in [0.2, 0.25) is 0 Å². The summed E-state index contributed by atoms with van der Waals surface area (Å²) in [6.45, 7) is 10.3. The lowest BCUT2D eigenvalue weighted by Gasteiger charge is -1.85. The molecule has 0 saturated heterocycles. The first-order valence-electron chi connectivity index (χ1n) is 4.77. The quantitative estimate of drug-likeness (QED) is 0.541. The lowest BCUT2D eigenvalue weighted by Crippen LogP contribution is -1.64. The minimum absolute atomic E-state index is 1.11. The van der Waals surface area contributed by atoms with E-state index in [4.69, 9.17) is 0 Å². The molecule has 70 valence electrons. The van der Waals surface area contributed by atoms with Crippen molar-refractivity contribution in [3.05, 3.63) is 36.0 Å². The summed E-state index contributed by atoms with van der Waals surface area (Å²) >= 11 is 0. The van der Waals surface area contributed by atoms with Crippen LogP contribution in [0.4, 0.5) is 0 Å².